The molecule has 1 aliphatic heterocycles. The van der Waals surface area contributed by atoms with Crippen LogP contribution in [0.1, 0.15) is 51.3 Å². The normalized spacial score (nSPS) is 14.0. The lowest BCUT2D eigenvalue weighted by Gasteiger charge is -2.21. The Morgan fingerprint density at radius 1 is 0.935 bits per heavy atom. The maximum absolute atomic E-state index is 12.8. The minimum Gasteiger partial charge on any atom is -0.357 e. The quantitative estimate of drug-likeness (QED) is 0.589. The third kappa shape index (κ3) is 5.49. The lowest BCUT2D eigenvalue weighted by molar-refractivity contribution is 0.0951. The van der Waals surface area contributed by atoms with Crippen molar-refractivity contribution < 1.29 is 9.59 Å². The summed E-state index contributed by atoms with van der Waals surface area (Å²) in [5.74, 6) is 0.542. The summed E-state index contributed by atoms with van der Waals surface area (Å²) in [6.45, 7) is 2.48. The van der Waals surface area contributed by atoms with Gasteiger partial charge in [0.2, 0.25) is 0 Å². The minimum atomic E-state index is -0.237. The van der Waals surface area contributed by atoms with Gasteiger partial charge in [0, 0.05) is 25.8 Å². The first-order valence-corrected chi connectivity index (χ1v) is 11.5. The molecule has 2 aromatic heterocycles. The third-order valence-corrected chi connectivity index (χ3v) is 6.23. The fraction of sp³-hybridized carbons (Fsp3) is 0.292. The van der Waals surface area contributed by atoms with Gasteiger partial charge in [0.15, 0.2) is 0 Å². The third-order valence-electron chi connectivity index (χ3n) is 5.36. The molecule has 0 atom stereocenters. The van der Waals surface area contributed by atoms with Crippen molar-refractivity contribution >= 4 is 34.7 Å². The number of para-hydroxylation sites is 1. The van der Waals surface area contributed by atoms with Crippen LogP contribution in [0.3, 0.4) is 0 Å². The second kappa shape index (κ2) is 10.2. The summed E-state index contributed by atoms with van der Waals surface area (Å²) in [6.07, 6.45) is 6.82. The summed E-state index contributed by atoms with van der Waals surface area (Å²) in [7, 11) is 0. The molecule has 0 bridgehead atoms. The van der Waals surface area contributed by atoms with Crippen molar-refractivity contribution in [3.05, 3.63) is 76.1 Å². The number of nitrogens with one attached hydrogen (secondary N) is 2. The molecule has 4 rings (SSSR count). The summed E-state index contributed by atoms with van der Waals surface area (Å²) in [5, 5.41) is 7.61. The minimum absolute atomic E-state index is 0.219. The number of carbonyl (C=O) groups excluding carboxylic acids is 2. The van der Waals surface area contributed by atoms with Crippen molar-refractivity contribution in [1.82, 2.24) is 10.3 Å². The zero-order valence-electron chi connectivity index (χ0n) is 17.3. The molecule has 1 aliphatic rings. The van der Waals surface area contributed by atoms with Gasteiger partial charge < -0.3 is 15.5 Å². The molecular weight excluding hydrogens is 408 g/mol. The highest BCUT2D eigenvalue weighted by molar-refractivity contribution is 7.12. The van der Waals surface area contributed by atoms with Gasteiger partial charge in [-0.2, -0.15) is 0 Å². The Kier molecular flexibility index (Phi) is 6.94. The molecule has 1 fully saturated rings. The average molecular weight is 435 g/mol. The van der Waals surface area contributed by atoms with E-state index in [0.717, 1.165) is 24.5 Å². The highest BCUT2D eigenvalue weighted by Gasteiger charge is 2.15. The van der Waals surface area contributed by atoms with E-state index in [1.54, 1.807) is 30.3 Å². The summed E-state index contributed by atoms with van der Waals surface area (Å²) >= 11 is 1.36. The number of nitrogens with zero attached hydrogens (tertiary/aromatic N) is 2. The van der Waals surface area contributed by atoms with E-state index in [-0.39, 0.29) is 11.8 Å². The molecule has 0 spiro atoms. The van der Waals surface area contributed by atoms with Gasteiger partial charge in [-0.3, -0.25) is 9.59 Å². The van der Waals surface area contributed by atoms with Crippen molar-refractivity contribution in [2.75, 3.05) is 23.3 Å². The standard InChI is InChI=1S/C24H26N4O2S/c29-23(19-8-3-4-9-20(19)27-24(30)21-10-7-15-31-21)26-17-18-11-12-22(25-16-18)28-13-5-1-2-6-14-28/h3-4,7-12,15-16H,1-2,5-6,13-14,17H2,(H,26,29)(H,27,30). The molecule has 0 saturated carbocycles. The number of anilines is 2. The zero-order chi connectivity index (χ0) is 21.5. The van der Waals surface area contributed by atoms with Gasteiger partial charge in [0.25, 0.3) is 11.8 Å². The van der Waals surface area contributed by atoms with Gasteiger partial charge in [0.05, 0.1) is 16.1 Å². The fourth-order valence-electron chi connectivity index (χ4n) is 3.67. The van der Waals surface area contributed by atoms with Gasteiger partial charge in [-0.25, -0.2) is 4.98 Å². The number of hydrogen-bond acceptors (Lipinski definition) is 5. The number of rotatable bonds is 6. The van der Waals surface area contributed by atoms with Gasteiger partial charge in [-0.1, -0.05) is 37.1 Å². The maximum atomic E-state index is 12.8. The summed E-state index contributed by atoms with van der Waals surface area (Å²) in [4.78, 5) is 32.7. The lowest BCUT2D eigenvalue weighted by Crippen LogP contribution is -2.26. The van der Waals surface area contributed by atoms with Crippen LogP contribution in [0.2, 0.25) is 0 Å². The highest BCUT2D eigenvalue weighted by atomic mass is 32.1. The van der Waals surface area contributed by atoms with E-state index in [1.807, 2.05) is 29.8 Å². The summed E-state index contributed by atoms with van der Waals surface area (Å²) in [6, 6.07) is 14.6. The Hall–Kier alpha value is -3.19. The van der Waals surface area contributed by atoms with E-state index in [1.165, 1.54) is 37.0 Å². The van der Waals surface area contributed by atoms with Crippen LogP contribution in [0.5, 0.6) is 0 Å². The largest absolute Gasteiger partial charge is 0.357 e. The van der Waals surface area contributed by atoms with Crippen LogP contribution in [-0.2, 0) is 6.54 Å². The SMILES string of the molecule is O=C(Nc1ccccc1C(=O)NCc1ccc(N2CCCCCC2)nc1)c1cccs1. The lowest BCUT2D eigenvalue weighted by atomic mass is 10.1. The van der Waals surface area contributed by atoms with Crippen LogP contribution < -0.4 is 15.5 Å². The number of carbonyl (C=O) groups is 2. The van der Waals surface area contributed by atoms with Crippen molar-refractivity contribution in [2.45, 2.75) is 32.2 Å². The molecule has 3 heterocycles. The number of amides is 2. The second-order valence-corrected chi connectivity index (χ2v) is 8.53. The zero-order valence-corrected chi connectivity index (χ0v) is 18.2. The molecule has 2 N–H and O–H groups in total. The number of aromatic nitrogens is 1. The molecule has 0 aliphatic carbocycles. The van der Waals surface area contributed by atoms with Gasteiger partial charge >= 0.3 is 0 Å². The Morgan fingerprint density at radius 2 is 1.74 bits per heavy atom. The monoisotopic (exact) mass is 434 g/mol. The molecule has 7 heteroatoms. The number of thiophene rings is 1. The summed E-state index contributed by atoms with van der Waals surface area (Å²) in [5.41, 5.74) is 1.86. The van der Waals surface area contributed by atoms with Crippen molar-refractivity contribution in [2.24, 2.45) is 0 Å². The maximum Gasteiger partial charge on any atom is 0.265 e. The van der Waals surface area contributed by atoms with E-state index < -0.39 is 0 Å². The Morgan fingerprint density at radius 3 is 2.45 bits per heavy atom. The van der Waals surface area contributed by atoms with Crippen molar-refractivity contribution in [3.63, 3.8) is 0 Å². The molecule has 31 heavy (non-hydrogen) atoms. The van der Waals surface area contributed by atoms with E-state index in [4.69, 9.17) is 0 Å². The predicted octanol–water partition coefficient (Wildman–Crippen LogP) is 4.71. The predicted molar refractivity (Wildman–Crippen MR) is 125 cm³/mol. The Balaban J connectivity index is 1.37. The molecule has 1 aromatic carbocycles. The van der Waals surface area contributed by atoms with E-state index >= 15 is 0 Å². The van der Waals surface area contributed by atoms with Crippen LogP contribution in [0.4, 0.5) is 11.5 Å². The molecule has 3 aromatic rings. The molecule has 160 valence electrons. The molecular formula is C24H26N4O2S. The topological polar surface area (TPSA) is 74.3 Å². The van der Waals surface area contributed by atoms with Crippen molar-refractivity contribution in [3.8, 4) is 0 Å². The molecule has 0 unspecified atom stereocenters. The smallest absolute Gasteiger partial charge is 0.265 e. The molecule has 0 radical (unpaired) electrons. The van der Waals surface area contributed by atoms with Gasteiger partial charge in [-0.15, -0.1) is 11.3 Å². The van der Waals surface area contributed by atoms with E-state index in [0.29, 0.717) is 22.7 Å². The molecule has 1 saturated heterocycles. The Labute approximate surface area is 186 Å². The first kappa shape index (κ1) is 21.1. The first-order valence-electron chi connectivity index (χ1n) is 10.6. The van der Waals surface area contributed by atoms with Crippen LogP contribution in [0.15, 0.2) is 60.1 Å². The van der Waals surface area contributed by atoms with Gasteiger partial charge in [0.1, 0.15) is 5.82 Å². The highest BCUT2D eigenvalue weighted by Crippen LogP contribution is 2.19. The number of pyridine rings is 1. The van der Waals surface area contributed by atoms with Gasteiger partial charge in [-0.05, 0) is 48.1 Å². The van der Waals surface area contributed by atoms with Crippen LogP contribution >= 0.6 is 11.3 Å². The fourth-order valence-corrected chi connectivity index (χ4v) is 4.29. The Bertz CT molecular complexity index is 1010. The summed E-state index contributed by atoms with van der Waals surface area (Å²) < 4.78 is 0. The van der Waals surface area contributed by atoms with E-state index in [2.05, 4.69) is 20.5 Å². The first-order chi connectivity index (χ1) is 15.2. The van der Waals surface area contributed by atoms with Crippen molar-refractivity contribution in [1.29, 1.82) is 0 Å². The molecule has 2 amide bonds. The van der Waals surface area contributed by atoms with Crippen LogP contribution in [-0.4, -0.2) is 29.9 Å². The average Bonchev–Trinajstić information content (AvgIpc) is 3.21. The van der Waals surface area contributed by atoms with E-state index in [9.17, 15) is 9.59 Å². The van der Waals surface area contributed by atoms with Crippen LogP contribution in [0.25, 0.3) is 0 Å². The second-order valence-electron chi connectivity index (χ2n) is 7.59. The number of benzene rings is 1. The van der Waals surface area contributed by atoms with Crippen LogP contribution in [0, 0.1) is 0 Å². The number of hydrogen-bond donors (Lipinski definition) is 2. The molecule has 6 nitrogen and oxygen atoms in total.